The van der Waals surface area contributed by atoms with Crippen molar-refractivity contribution in [1.82, 2.24) is 15.3 Å². The lowest BCUT2D eigenvalue weighted by atomic mass is 10.4. The van der Waals surface area contributed by atoms with Crippen LogP contribution in [0.3, 0.4) is 0 Å². The Morgan fingerprint density at radius 3 is 2.76 bits per heavy atom. The van der Waals surface area contributed by atoms with Gasteiger partial charge in [0.2, 0.25) is 0 Å². The van der Waals surface area contributed by atoms with E-state index < -0.39 is 0 Å². The molecule has 0 atom stereocenters. The first-order chi connectivity index (χ1) is 8.33. The molecule has 0 radical (unpaired) electrons. The number of aromatic nitrogens is 2. The van der Waals surface area contributed by atoms with Crippen molar-refractivity contribution in [3.8, 4) is 0 Å². The van der Waals surface area contributed by atoms with Gasteiger partial charge in [0, 0.05) is 37.9 Å². The summed E-state index contributed by atoms with van der Waals surface area (Å²) in [4.78, 5) is 8.48. The number of aryl methyl sites for hydroxylation is 1. The van der Waals surface area contributed by atoms with Crippen LogP contribution >= 0.6 is 11.8 Å². The highest BCUT2D eigenvalue weighted by atomic mass is 32.2. The topological polar surface area (TPSA) is 47.0 Å². The summed E-state index contributed by atoms with van der Waals surface area (Å²) >= 11 is 1.68. The van der Waals surface area contributed by atoms with Gasteiger partial charge < -0.3 is 10.1 Å². The summed E-state index contributed by atoms with van der Waals surface area (Å²) in [5, 5.41) is 4.22. The minimum atomic E-state index is 0.806. The summed E-state index contributed by atoms with van der Waals surface area (Å²) in [7, 11) is 0. The fourth-order valence-electron chi connectivity index (χ4n) is 1.24. The number of rotatable bonds is 9. The van der Waals surface area contributed by atoms with Crippen molar-refractivity contribution in [2.24, 2.45) is 0 Å². The second-order valence-corrected chi connectivity index (χ2v) is 4.75. The SMILES string of the molecule is CCOCCCNCCSc1ncc(C)cn1. The molecule has 1 N–H and O–H groups in total. The van der Waals surface area contributed by atoms with E-state index in [1.54, 1.807) is 11.8 Å². The highest BCUT2D eigenvalue weighted by Crippen LogP contribution is 2.10. The van der Waals surface area contributed by atoms with Gasteiger partial charge in [-0.1, -0.05) is 11.8 Å². The Morgan fingerprint density at radius 2 is 2.06 bits per heavy atom. The summed E-state index contributed by atoms with van der Waals surface area (Å²) < 4.78 is 5.26. The fraction of sp³-hybridized carbons (Fsp3) is 0.667. The Hall–Kier alpha value is -0.650. The smallest absolute Gasteiger partial charge is 0.187 e. The third kappa shape index (κ3) is 7.31. The van der Waals surface area contributed by atoms with Crippen molar-refractivity contribution in [3.63, 3.8) is 0 Å². The number of ether oxygens (including phenoxy) is 1. The van der Waals surface area contributed by atoms with Crippen molar-refractivity contribution in [2.45, 2.75) is 25.4 Å². The van der Waals surface area contributed by atoms with E-state index in [0.717, 1.165) is 49.2 Å². The zero-order chi connectivity index (χ0) is 12.3. The number of thioether (sulfide) groups is 1. The first-order valence-corrected chi connectivity index (χ1v) is 7.01. The largest absolute Gasteiger partial charge is 0.382 e. The fourth-order valence-corrected chi connectivity index (χ4v) is 1.92. The van der Waals surface area contributed by atoms with Gasteiger partial charge in [-0.3, -0.25) is 0 Å². The van der Waals surface area contributed by atoms with Crippen LogP contribution in [0, 0.1) is 6.92 Å². The maximum atomic E-state index is 5.26. The summed E-state index contributed by atoms with van der Waals surface area (Å²) in [6.07, 6.45) is 4.77. The second-order valence-electron chi connectivity index (χ2n) is 3.69. The molecule has 1 aromatic rings. The van der Waals surface area contributed by atoms with Crippen LogP contribution in [0.25, 0.3) is 0 Å². The van der Waals surface area contributed by atoms with Crippen LogP contribution in [-0.4, -0.2) is 42.0 Å². The van der Waals surface area contributed by atoms with Gasteiger partial charge in [0.1, 0.15) is 0 Å². The van der Waals surface area contributed by atoms with E-state index >= 15 is 0 Å². The van der Waals surface area contributed by atoms with Crippen molar-refractivity contribution in [1.29, 1.82) is 0 Å². The average Bonchev–Trinajstić information content (AvgIpc) is 2.35. The van der Waals surface area contributed by atoms with Crippen LogP contribution in [0.4, 0.5) is 0 Å². The first-order valence-electron chi connectivity index (χ1n) is 6.03. The van der Waals surface area contributed by atoms with E-state index in [2.05, 4.69) is 15.3 Å². The van der Waals surface area contributed by atoms with Gasteiger partial charge in [0.25, 0.3) is 0 Å². The second kappa shape index (κ2) is 9.39. The van der Waals surface area contributed by atoms with Crippen LogP contribution in [0.2, 0.25) is 0 Å². The molecule has 96 valence electrons. The number of hydrogen-bond acceptors (Lipinski definition) is 5. The van der Waals surface area contributed by atoms with Gasteiger partial charge in [-0.15, -0.1) is 0 Å². The number of nitrogens with zero attached hydrogens (tertiary/aromatic N) is 2. The molecule has 5 heteroatoms. The molecule has 1 rings (SSSR count). The van der Waals surface area contributed by atoms with Gasteiger partial charge in [0.05, 0.1) is 0 Å². The molecule has 0 spiro atoms. The molecular formula is C12H21N3OS. The molecule has 0 bridgehead atoms. The lowest BCUT2D eigenvalue weighted by molar-refractivity contribution is 0.145. The molecule has 0 fully saturated rings. The Morgan fingerprint density at radius 1 is 1.29 bits per heavy atom. The molecule has 0 aromatic carbocycles. The van der Waals surface area contributed by atoms with Gasteiger partial charge in [-0.05, 0) is 32.4 Å². The molecule has 0 aliphatic rings. The molecule has 4 nitrogen and oxygen atoms in total. The zero-order valence-electron chi connectivity index (χ0n) is 10.6. The molecule has 0 amide bonds. The Balaban J connectivity index is 1.95. The van der Waals surface area contributed by atoms with Crippen LogP contribution in [0.15, 0.2) is 17.6 Å². The summed E-state index contributed by atoms with van der Waals surface area (Å²) in [5.74, 6) is 0.998. The predicted octanol–water partition coefficient (Wildman–Crippen LogP) is 1.89. The Kier molecular flexibility index (Phi) is 7.96. The van der Waals surface area contributed by atoms with Crippen LogP contribution in [0.5, 0.6) is 0 Å². The zero-order valence-corrected chi connectivity index (χ0v) is 11.4. The third-order valence-electron chi connectivity index (χ3n) is 2.11. The molecule has 0 aliphatic carbocycles. The molecule has 17 heavy (non-hydrogen) atoms. The Bertz CT molecular complexity index is 292. The lowest BCUT2D eigenvalue weighted by Gasteiger charge is -2.04. The van der Waals surface area contributed by atoms with E-state index in [9.17, 15) is 0 Å². The summed E-state index contributed by atoms with van der Waals surface area (Å²) in [6.45, 7) is 7.65. The maximum Gasteiger partial charge on any atom is 0.187 e. The normalized spacial score (nSPS) is 10.7. The van der Waals surface area contributed by atoms with Crippen molar-refractivity contribution >= 4 is 11.8 Å². The molecule has 0 aliphatic heterocycles. The van der Waals surface area contributed by atoms with Crippen molar-refractivity contribution < 1.29 is 4.74 Å². The molecule has 1 heterocycles. The molecule has 1 aromatic heterocycles. The van der Waals surface area contributed by atoms with E-state index in [1.807, 2.05) is 26.2 Å². The van der Waals surface area contributed by atoms with E-state index in [-0.39, 0.29) is 0 Å². The maximum absolute atomic E-state index is 5.26. The van der Waals surface area contributed by atoms with Crippen LogP contribution < -0.4 is 5.32 Å². The van der Waals surface area contributed by atoms with Crippen LogP contribution in [-0.2, 0) is 4.74 Å². The van der Waals surface area contributed by atoms with Gasteiger partial charge in [0.15, 0.2) is 5.16 Å². The van der Waals surface area contributed by atoms with Crippen molar-refractivity contribution in [3.05, 3.63) is 18.0 Å². The summed E-state index contributed by atoms with van der Waals surface area (Å²) in [6, 6.07) is 0. The van der Waals surface area contributed by atoms with E-state index in [0.29, 0.717) is 0 Å². The van der Waals surface area contributed by atoms with Gasteiger partial charge in [-0.25, -0.2) is 9.97 Å². The van der Waals surface area contributed by atoms with Gasteiger partial charge in [-0.2, -0.15) is 0 Å². The monoisotopic (exact) mass is 255 g/mol. The number of nitrogens with one attached hydrogen (secondary N) is 1. The average molecular weight is 255 g/mol. The molecular weight excluding hydrogens is 234 g/mol. The molecule has 0 saturated heterocycles. The minimum absolute atomic E-state index is 0.806. The highest BCUT2D eigenvalue weighted by molar-refractivity contribution is 7.99. The highest BCUT2D eigenvalue weighted by Gasteiger charge is 1.96. The Labute approximate surface area is 108 Å². The van der Waals surface area contributed by atoms with Gasteiger partial charge >= 0.3 is 0 Å². The van der Waals surface area contributed by atoms with E-state index in [4.69, 9.17) is 4.74 Å². The van der Waals surface area contributed by atoms with Crippen molar-refractivity contribution in [2.75, 3.05) is 32.1 Å². The summed E-state index contributed by atoms with van der Waals surface area (Å²) in [5.41, 5.74) is 1.10. The van der Waals surface area contributed by atoms with E-state index in [1.165, 1.54) is 0 Å². The minimum Gasteiger partial charge on any atom is -0.382 e. The first kappa shape index (κ1) is 14.4. The standard InChI is InChI=1S/C12H21N3OS/c1-3-16-7-4-5-13-6-8-17-12-14-9-11(2)10-15-12/h9-10,13H,3-8H2,1-2H3. The van der Waals surface area contributed by atoms with Crippen LogP contribution in [0.1, 0.15) is 18.9 Å². The number of hydrogen-bond donors (Lipinski definition) is 1. The third-order valence-corrected chi connectivity index (χ3v) is 2.99. The lowest BCUT2D eigenvalue weighted by Crippen LogP contribution is -2.19. The predicted molar refractivity (Wildman–Crippen MR) is 71.5 cm³/mol. The quantitative estimate of drug-likeness (QED) is 0.415. The molecule has 0 saturated carbocycles. The molecule has 0 unspecified atom stereocenters.